The molecule has 0 saturated carbocycles. The Kier molecular flexibility index (Phi) is 7.09. The third kappa shape index (κ3) is 3.41. The summed E-state index contributed by atoms with van der Waals surface area (Å²) in [5, 5.41) is 9.79. The zero-order valence-corrected chi connectivity index (χ0v) is 10.4. The fourth-order valence-corrected chi connectivity index (χ4v) is 1.79. The number of rotatable bonds is 2. The van der Waals surface area contributed by atoms with Crippen molar-refractivity contribution in [3.05, 3.63) is 0 Å². The van der Waals surface area contributed by atoms with Gasteiger partial charge in [-0.15, -0.1) is 0 Å². The van der Waals surface area contributed by atoms with E-state index < -0.39 is 6.10 Å². The molecule has 5 unspecified atom stereocenters. The van der Waals surface area contributed by atoms with Gasteiger partial charge in [-0.1, -0.05) is 20.8 Å². The van der Waals surface area contributed by atoms with E-state index in [2.05, 4.69) is 0 Å². The van der Waals surface area contributed by atoms with E-state index in [1.807, 2.05) is 27.7 Å². The van der Waals surface area contributed by atoms with Crippen molar-refractivity contribution in [3.8, 4) is 0 Å². The van der Waals surface area contributed by atoms with Gasteiger partial charge < -0.3 is 20.3 Å². The van der Waals surface area contributed by atoms with Gasteiger partial charge in [-0.3, -0.25) is 0 Å². The Balaban J connectivity index is 0.000000921. The molecule has 0 aromatic rings. The SMILES string of the molecule is CC.CCC1OC(C)C(N)C(OC)C1O. The number of aliphatic hydroxyl groups is 1. The Morgan fingerprint density at radius 3 is 2.33 bits per heavy atom. The van der Waals surface area contributed by atoms with Crippen LogP contribution in [0.4, 0.5) is 0 Å². The van der Waals surface area contributed by atoms with Gasteiger partial charge in [0.15, 0.2) is 0 Å². The topological polar surface area (TPSA) is 64.7 Å². The van der Waals surface area contributed by atoms with Gasteiger partial charge in [0.1, 0.15) is 12.2 Å². The maximum atomic E-state index is 9.79. The average molecular weight is 219 g/mol. The standard InChI is InChI=1S/C9H19NO3.C2H6/c1-4-6-8(11)9(12-3)7(10)5(2)13-6;1-2/h5-9,11H,4,10H2,1-3H3;1-2H3. The first-order valence-corrected chi connectivity index (χ1v) is 5.73. The number of hydrogen-bond donors (Lipinski definition) is 2. The van der Waals surface area contributed by atoms with Crippen LogP contribution in [-0.2, 0) is 9.47 Å². The molecule has 0 amide bonds. The van der Waals surface area contributed by atoms with Gasteiger partial charge in [0.05, 0.1) is 18.2 Å². The summed E-state index contributed by atoms with van der Waals surface area (Å²) in [4.78, 5) is 0. The summed E-state index contributed by atoms with van der Waals surface area (Å²) in [5.74, 6) is 0. The maximum Gasteiger partial charge on any atom is 0.108 e. The van der Waals surface area contributed by atoms with Crippen LogP contribution in [0.15, 0.2) is 0 Å². The van der Waals surface area contributed by atoms with Gasteiger partial charge in [-0.25, -0.2) is 0 Å². The maximum absolute atomic E-state index is 9.79. The molecule has 0 aromatic carbocycles. The summed E-state index contributed by atoms with van der Waals surface area (Å²) in [7, 11) is 1.57. The van der Waals surface area contributed by atoms with Crippen LogP contribution in [0.5, 0.6) is 0 Å². The Morgan fingerprint density at radius 1 is 1.40 bits per heavy atom. The molecule has 1 aliphatic heterocycles. The summed E-state index contributed by atoms with van der Waals surface area (Å²) in [6.45, 7) is 7.88. The molecule has 4 nitrogen and oxygen atoms in total. The van der Waals surface area contributed by atoms with Crippen molar-refractivity contribution < 1.29 is 14.6 Å². The Morgan fingerprint density at radius 2 is 1.93 bits per heavy atom. The van der Waals surface area contributed by atoms with E-state index in [9.17, 15) is 5.11 Å². The number of hydrogen-bond acceptors (Lipinski definition) is 4. The van der Waals surface area contributed by atoms with E-state index in [-0.39, 0.29) is 24.4 Å². The second-order valence-corrected chi connectivity index (χ2v) is 3.56. The highest BCUT2D eigenvalue weighted by atomic mass is 16.5. The van der Waals surface area contributed by atoms with E-state index in [1.54, 1.807) is 7.11 Å². The first kappa shape index (κ1) is 14.8. The molecule has 1 aliphatic rings. The lowest BCUT2D eigenvalue weighted by molar-refractivity contribution is -0.182. The van der Waals surface area contributed by atoms with Crippen molar-refractivity contribution in [2.75, 3.05) is 7.11 Å². The molecule has 0 aromatic heterocycles. The molecule has 1 fully saturated rings. The van der Waals surface area contributed by atoms with Crippen LogP contribution in [0.25, 0.3) is 0 Å². The van der Waals surface area contributed by atoms with Gasteiger partial charge in [0, 0.05) is 7.11 Å². The Bertz CT molecular complexity index is 166. The highest BCUT2D eigenvalue weighted by molar-refractivity contribution is 4.93. The van der Waals surface area contributed by atoms with Gasteiger partial charge in [0.2, 0.25) is 0 Å². The molecular formula is C11H25NO3. The highest BCUT2D eigenvalue weighted by Gasteiger charge is 2.40. The Hall–Kier alpha value is -0.160. The summed E-state index contributed by atoms with van der Waals surface area (Å²) in [6, 6.07) is -0.247. The summed E-state index contributed by atoms with van der Waals surface area (Å²) in [5.41, 5.74) is 5.83. The minimum Gasteiger partial charge on any atom is -0.388 e. The normalized spacial score (nSPS) is 40.6. The number of aliphatic hydroxyl groups excluding tert-OH is 1. The van der Waals surface area contributed by atoms with Crippen molar-refractivity contribution >= 4 is 0 Å². The van der Waals surface area contributed by atoms with E-state index in [1.165, 1.54) is 0 Å². The minimum atomic E-state index is -0.610. The van der Waals surface area contributed by atoms with E-state index in [4.69, 9.17) is 15.2 Å². The van der Waals surface area contributed by atoms with Crippen LogP contribution in [0.1, 0.15) is 34.1 Å². The lowest BCUT2D eigenvalue weighted by Crippen LogP contribution is -2.60. The summed E-state index contributed by atoms with van der Waals surface area (Å²) >= 11 is 0. The predicted octanol–water partition coefficient (Wildman–Crippen LogP) is 0.913. The fourth-order valence-electron chi connectivity index (χ4n) is 1.79. The Labute approximate surface area is 92.7 Å². The molecule has 92 valence electrons. The van der Waals surface area contributed by atoms with Gasteiger partial charge in [0.25, 0.3) is 0 Å². The molecule has 3 N–H and O–H groups in total. The van der Waals surface area contributed by atoms with Crippen molar-refractivity contribution in [2.24, 2.45) is 5.73 Å². The lowest BCUT2D eigenvalue weighted by atomic mass is 9.93. The zero-order chi connectivity index (χ0) is 12.0. The highest BCUT2D eigenvalue weighted by Crippen LogP contribution is 2.23. The largest absolute Gasteiger partial charge is 0.388 e. The summed E-state index contributed by atoms with van der Waals surface area (Å²) in [6.07, 6.45) is -0.356. The average Bonchev–Trinajstić information content (AvgIpc) is 2.27. The predicted molar refractivity (Wildman–Crippen MR) is 60.8 cm³/mol. The molecule has 1 heterocycles. The van der Waals surface area contributed by atoms with Crippen molar-refractivity contribution in [1.82, 2.24) is 0 Å². The molecule has 1 rings (SSSR count). The molecule has 0 radical (unpaired) electrons. The second kappa shape index (κ2) is 7.17. The van der Waals surface area contributed by atoms with Gasteiger partial charge >= 0.3 is 0 Å². The van der Waals surface area contributed by atoms with Gasteiger partial charge in [-0.2, -0.15) is 0 Å². The number of nitrogens with two attached hydrogens (primary N) is 1. The number of methoxy groups -OCH3 is 1. The first-order valence-electron chi connectivity index (χ1n) is 5.73. The van der Waals surface area contributed by atoms with E-state index in [0.717, 1.165) is 6.42 Å². The first-order chi connectivity index (χ1) is 7.11. The third-order valence-corrected chi connectivity index (χ3v) is 2.70. The third-order valence-electron chi connectivity index (χ3n) is 2.70. The van der Waals surface area contributed by atoms with Crippen LogP contribution < -0.4 is 5.73 Å². The smallest absolute Gasteiger partial charge is 0.108 e. The number of ether oxygens (including phenoxy) is 2. The van der Waals surface area contributed by atoms with Gasteiger partial charge in [-0.05, 0) is 13.3 Å². The van der Waals surface area contributed by atoms with Crippen LogP contribution in [0, 0.1) is 0 Å². The van der Waals surface area contributed by atoms with Crippen molar-refractivity contribution in [2.45, 2.75) is 64.6 Å². The van der Waals surface area contributed by atoms with Crippen LogP contribution in [0.2, 0.25) is 0 Å². The van der Waals surface area contributed by atoms with Crippen LogP contribution >= 0.6 is 0 Å². The van der Waals surface area contributed by atoms with Crippen LogP contribution in [-0.4, -0.2) is 42.7 Å². The molecule has 5 atom stereocenters. The molecular weight excluding hydrogens is 194 g/mol. The van der Waals surface area contributed by atoms with E-state index >= 15 is 0 Å². The zero-order valence-electron chi connectivity index (χ0n) is 10.4. The van der Waals surface area contributed by atoms with Crippen molar-refractivity contribution in [3.63, 3.8) is 0 Å². The molecule has 15 heavy (non-hydrogen) atoms. The van der Waals surface area contributed by atoms with Crippen molar-refractivity contribution in [1.29, 1.82) is 0 Å². The summed E-state index contributed by atoms with van der Waals surface area (Å²) < 4.78 is 10.7. The molecule has 4 heteroatoms. The minimum absolute atomic E-state index is 0.0571. The van der Waals surface area contributed by atoms with Crippen LogP contribution in [0.3, 0.4) is 0 Å². The second-order valence-electron chi connectivity index (χ2n) is 3.56. The molecule has 1 saturated heterocycles. The van der Waals surface area contributed by atoms with E-state index in [0.29, 0.717) is 0 Å². The quantitative estimate of drug-likeness (QED) is 0.724. The lowest BCUT2D eigenvalue weighted by Gasteiger charge is -2.41. The molecule has 0 aliphatic carbocycles. The molecule has 0 bridgehead atoms. The molecule has 0 spiro atoms. The fraction of sp³-hybridized carbons (Fsp3) is 1.00. The monoisotopic (exact) mass is 219 g/mol.